The molecule has 9 heteroatoms. The largest absolute Gasteiger partial charge is 0.573 e. The summed E-state index contributed by atoms with van der Waals surface area (Å²) in [5.41, 5.74) is 1.79. The number of carbonyl (C=O) groups excluding carboxylic acids is 1. The summed E-state index contributed by atoms with van der Waals surface area (Å²) in [7, 11) is 0. The van der Waals surface area contributed by atoms with E-state index in [1.807, 2.05) is 12.3 Å². The van der Waals surface area contributed by atoms with Crippen LogP contribution in [0.4, 0.5) is 18.3 Å². The molecule has 5 nitrogen and oxygen atoms in total. The summed E-state index contributed by atoms with van der Waals surface area (Å²) >= 11 is 1.41. The van der Waals surface area contributed by atoms with E-state index in [2.05, 4.69) is 19.9 Å². The quantitative estimate of drug-likeness (QED) is 0.819. The average molecular weight is 399 g/mol. The van der Waals surface area contributed by atoms with Gasteiger partial charge < -0.3 is 10.1 Å². The number of benzene rings is 1. The third kappa shape index (κ3) is 5.93. The lowest BCUT2D eigenvalue weighted by Crippen LogP contribution is -2.37. The van der Waals surface area contributed by atoms with Crippen LogP contribution in [0.15, 0.2) is 29.6 Å². The number of amides is 1. The molecule has 0 saturated carbocycles. The van der Waals surface area contributed by atoms with Gasteiger partial charge in [-0.2, -0.15) is 0 Å². The van der Waals surface area contributed by atoms with Gasteiger partial charge >= 0.3 is 6.36 Å². The second kappa shape index (κ2) is 8.26. The molecular weight excluding hydrogens is 379 g/mol. The van der Waals surface area contributed by atoms with E-state index in [1.165, 1.54) is 23.5 Å². The molecule has 1 N–H and O–H groups in total. The van der Waals surface area contributed by atoms with Crippen molar-refractivity contribution in [1.82, 2.24) is 9.88 Å². The molecule has 0 bridgehead atoms. The van der Waals surface area contributed by atoms with Crippen molar-refractivity contribution < 1.29 is 22.7 Å². The van der Waals surface area contributed by atoms with Crippen LogP contribution >= 0.6 is 11.3 Å². The highest BCUT2D eigenvalue weighted by Crippen LogP contribution is 2.25. The Hall–Kier alpha value is -2.13. The Morgan fingerprint density at radius 2 is 1.96 bits per heavy atom. The van der Waals surface area contributed by atoms with Crippen LogP contribution < -0.4 is 10.1 Å². The van der Waals surface area contributed by atoms with Crippen LogP contribution in [0.2, 0.25) is 0 Å². The Kier molecular flexibility index (Phi) is 6.01. The van der Waals surface area contributed by atoms with Gasteiger partial charge in [-0.25, -0.2) is 4.98 Å². The first-order valence-electron chi connectivity index (χ1n) is 8.58. The molecule has 2 aromatic rings. The molecule has 1 aromatic carbocycles. The fourth-order valence-electron chi connectivity index (χ4n) is 3.03. The maximum absolute atomic E-state index is 12.3. The van der Waals surface area contributed by atoms with Gasteiger partial charge in [-0.05, 0) is 50.6 Å². The molecular formula is C18H20F3N3O2S. The van der Waals surface area contributed by atoms with Crippen molar-refractivity contribution in [2.75, 3.05) is 18.4 Å². The van der Waals surface area contributed by atoms with Crippen molar-refractivity contribution in [3.63, 3.8) is 0 Å². The molecule has 0 aliphatic carbocycles. The molecule has 0 spiro atoms. The van der Waals surface area contributed by atoms with E-state index in [1.54, 1.807) is 12.1 Å². The summed E-state index contributed by atoms with van der Waals surface area (Å²) in [6.45, 7) is 4.03. The number of alkyl halides is 3. The topological polar surface area (TPSA) is 54.5 Å². The van der Waals surface area contributed by atoms with Crippen LogP contribution in [-0.4, -0.2) is 35.2 Å². The van der Waals surface area contributed by atoms with Gasteiger partial charge in [0.15, 0.2) is 5.13 Å². The molecule has 2 heterocycles. The summed E-state index contributed by atoms with van der Waals surface area (Å²) in [6.07, 6.45) is -3.20. The zero-order chi connectivity index (χ0) is 19.4. The number of piperidine rings is 1. The van der Waals surface area contributed by atoms with Crippen LogP contribution in [0.1, 0.15) is 24.1 Å². The molecule has 1 saturated heterocycles. The number of aromatic nitrogens is 1. The average Bonchev–Trinajstić information content (AvgIpc) is 3.01. The van der Waals surface area contributed by atoms with E-state index in [4.69, 9.17) is 0 Å². The van der Waals surface area contributed by atoms with Crippen molar-refractivity contribution >= 4 is 22.4 Å². The number of nitrogens with zero attached hydrogens (tertiary/aromatic N) is 2. The second-order valence-electron chi connectivity index (χ2n) is 6.53. The highest BCUT2D eigenvalue weighted by atomic mass is 32.1. The number of thiazole rings is 1. The van der Waals surface area contributed by atoms with E-state index < -0.39 is 6.36 Å². The van der Waals surface area contributed by atoms with Gasteiger partial charge in [0, 0.05) is 17.8 Å². The van der Waals surface area contributed by atoms with Gasteiger partial charge in [0.2, 0.25) is 5.91 Å². The monoisotopic (exact) mass is 399 g/mol. The lowest BCUT2D eigenvalue weighted by Gasteiger charge is -2.31. The van der Waals surface area contributed by atoms with Gasteiger partial charge in [0.05, 0.1) is 5.69 Å². The lowest BCUT2D eigenvalue weighted by molar-refractivity contribution is -0.274. The smallest absolute Gasteiger partial charge is 0.406 e. The minimum absolute atomic E-state index is 0.00217. The maximum Gasteiger partial charge on any atom is 0.573 e. The van der Waals surface area contributed by atoms with Crippen LogP contribution in [0, 0.1) is 12.8 Å². The van der Waals surface area contributed by atoms with Crippen LogP contribution in [-0.2, 0) is 11.3 Å². The van der Waals surface area contributed by atoms with Crippen molar-refractivity contribution in [1.29, 1.82) is 0 Å². The SMILES string of the molecule is Cc1csc(NC(=O)C2CCN(Cc3ccc(OC(F)(F)F)cc3)CC2)n1. The van der Waals surface area contributed by atoms with Crippen molar-refractivity contribution in [2.24, 2.45) is 5.92 Å². The third-order valence-corrected chi connectivity index (χ3v) is 5.25. The number of nitrogens with one attached hydrogen (secondary N) is 1. The molecule has 1 aromatic heterocycles. The number of aryl methyl sites for hydroxylation is 1. The fraction of sp³-hybridized carbons (Fsp3) is 0.444. The normalized spacial score (nSPS) is 16.3. The first-order chi connectivity index (χ1) is 12.8. The second-order valence-corrected chi connectivity index (χ2v) is 7.38. The summed E-state index contributed by atoms with van der Waals surface area (Å²) in [4.78, 5) is 18.8. The molecule has 3 rings (SSSR count). The van der Waals surface area contributed by atoms with Gasteiger partial charge in [-0.15, -0.1) is 24.5 Å². The summed E-state index contributed by atoms with van der Waals surface area (Å²) in [5, 5.41) is 5.38. The Morgan fingerprint density at radius 1 is 1.30 bits per heavy atom. The van der Waals surface area contributed by atoms with Crippen LogP contribution in [0.25, 0.3) is 0 Å². The molecule has 1 fully saturated rings. The molecule has 1 aliphatic heterocycles. The van der Waals surface area contributed by atoms with Crippen LogP contribution in [0.5, 0.6) is 5.75 Å². The molecule has 1 amide bonds. The maximum atomic E-state index is 12.3. The molecule has 0 unspecified atom stereocenters. The summed E-state index contributed by atoms with van der Waals surface area (Å²) in [5.74, 6) is -0.273. The number of hydrogen-bond donors (Lipinski definition) is 1. The van der Waals surface area contributed by atoms with Crippen molar-refractivity contribution in [3.8, 4) is 5.75 Å². The predicted molar refractivity (Wildman–Crippen MR) is 96.6 cm³/mol. The van der Waals surface area contributed by atoms with E-state index >= 15 is 0 Å². The first kappa shape index (κ1) is 19.6. The van der Waals surface area contributed by atoms with Gasteiger partial charge in [0.25, 0.3) is 0 Å². The molecule has 0 radical (unpaired) electrons. The van der Waals surface area contributed by atoms with Crippen molar-refractivity contribution in [3.05, 3.63) is 40.9 Å². The van der Waals surface area contributed by atoms with Crippen molar-refractivity contribution in [2.45, 2.75) is 32.7 Å². The standard InChI is InChI=1S/C18H20F3N3O2S/c1-12-11-27-17(22-12)23-16(25)14-6-8-24(9-7-14)10-13-2-4-15(5-3-13)26-18(19,20)21/h2-5,11,14H,6-10H2,1H3,(H,22,23,25). The molecule has 27 heavy (non-hydrogen) atoms. The molecule has 0 atom stereocenters. The Labute approximate surface area is 159 Å². The summed E-state index contributed by atoms with van der Waals surface area (Å²) < 4.78 is 40.4. The Morgan fingerprint density at radius 3 is 2.52 bits per heavy atom. The first-order valence-corrected chi connectivity index (χ1v) is 9.46. The predicted octanol–water partition coefficient (Wildman–Crippen LogP) is 4.20. The summed E-state index contributed by atoms with van der Waals surface area (Å²) in [6, 6.07) is 5.90. The number of carbonyl (C=O) groups is 1. The van der Waals surface area contributed by atoms with Gasteiger partial charge in [0.1, 0.15) is 5.75 Å². The Balaban J connectivity index is 1.45. The highest BCUT2D eigenvalue weighted by Gasteiger charge is 2.31. The number of ether oxygens (including phenoxy) is 1. The number of likely N-dealkylation sites (tertiary alicyclic amines) is 1. The van der Waals surface area contributed by atoms with E-state index in [-0.39, 0.29) is 17.6 Å². The van der Waals surface area contributed by atoms with E-state index in [9.17, 15) is 18.0 Å². The van der Waals surface area contributed by atoms with Gasteiger partial charge in [-0.1, -0.05) is 12.1 Å². The molecule has 1 aliphatic rings. The Bertz CT molecular complexity index is 769. The number of hydrogen-bond acceptors (Lipinski definition) is 5. The zero-order valence-electron chi connectivity index (χ0n) is 14.8. The third-order valence-electron chi connectivity index (χ3n) is 4.37. The highest BCUT2D eigenvalue weighted by molar-refractivity contribution is 7.13. The minimum Gasteiger partial charge on any atom is -0.406 e. The zero-order valence-corrected chi connectivity index (χ0v) is 15.6. The van der Waals surface area contributed by atoms with E-state index in [0.717, 1.165) is 37.2 Å². The number of anilines is 1. The van der Waals surface area contributed by atoms with Gasteiger partial charge in [-0.3, -0.25) is 9.69 Å². The molecule has 146 valence electrons. The lowest BCUT2D eigenvalue weighted by atomic mass is 9.95. The fourth-order valence-corrected chi connectivity index (χ4v) is 3.72. The minimum atomic E-state index is -4.68. The van der Waals surface area contributed by atoms with Crippen LogP contribution in [0.3, 0.4) is 0 Å². The number of halogens is 3. The number of rotatable bonds is 5. The van der Waals surface area contributed by atoms with E-state index in [0.29, 0.717) is 11.7 Å².